The van der Waals surface area contributed by atoms with Crippen molar-refractivity contribution in [2.75, 3.05) is 5.43 Å². The average Bonchev–Trinajstić information content (AvgIpc) is 3.00. The van der Waals surface area contributed by atoms with Crippen LogP contribution in [0.2, 0.25) is 5.02 Å². The maximum Gasteiger partial charge on any atom is 0.214 e. The molecule has 3 rings (SSSR count). The SMILES string of the molecule is CCc1n[nH]c(=S)n1NCc1cccc(OCc2c(F)cccc2Cl)c1. The highest BCUT2D eigenvalue weighted by molar-refractivity contribution is 7.71. The van der Waals surface area contributed by atoms with Gasteiger partial charge in [0.05, 0.1) is 11.6 Å². The van der Waals surface area contributed by atoms with E-state index >= 15 is 0 Å². The van der Waals surface area contributed by atoms with Gasteiger partial charge in [0.25, 0.3) is 0 Å². The lowest BCUT2D eigenvalue weighted by molar-refractivity contribution is 0.299. The Kier molecular flexibility index (Phi) is 5.90. The molecule has 1 heterocycles. The maximum absolute atomic E-state index is 13.8. The lowest BCUT2D eigenvalue weighted by Crippen LogP contribution is -2.17. The second-order valence-corrected chi connectivity index (χ2v) is 6.40. The van der Waals surface area contributed by atoms with Crippen LogP contribution in [0, 0.1) is 10.6 Å². The first-order valence-corrected chi connectivity index (χ1v) is 8.92. The number of nitrogens with zero attached hydrogens (tertiary/aromatic N) is 2. The number of H-pyrrole nitrogens is 1. The van der Waals surface area contributed by atoms with Crippen LogP contribution in [0.1, 0.15) is 23.9 Å². The maximum atomic E-state index is 13.8. The summed E-state index contributed by atoms with van der Waals surface area (Å²) < 4.78 is 21.8. The van der Waals surface area contributed by atoms with Crippen LogP contribution in [0.3, 0.4) is 0 Å². The Morgan fingerprint density at radius 2 is 2.12 bits per heavy atom. The van der Waals surface area contributed by atoms with Gasteiger partial charge in [0.1, 0.15) is 18.2 Å². The fourth-order valence-corrected chi connectivity index (χ4v) is 2.90. The van der Waals surface area contributed by atoms with Gasteiger partial charge in [-0.2, -0.15) is 5.10 Å². The summed E-state index contributed by atoms with van der Waals surface area (Å²) in [5, 5.41) is 7.27. The largest absolute Gasteiger partial charge is 0.489 e. The zero-order valence-electron chi connectivity index (χ0n) is 14.1. The summed E-state index contributed by atoms with van der Waals surface area (Å²) >= 11 is 11.2. The molecule has 3 aromatic rings. The van der Waals surface area contributed by atoms with Gasteiger partial charge in [-0.25, -0.2) is 9.07 Å². The predicted molar refractivity (Wildman–Crippen MR) is 102 cm³/mol. The van der Waals surface area contributed by atoms with Crippen molar-refractivity contribution in [3.8, 4) is 5.75 Å². The standard InChI is InChI=1S/C18H18ClFN4OS/c1-2-17-22-23-18(26)24(17)21-10-12-5-3-6-13(9-12)25-11-14-15(19)7-4-8-16(14)20/h3-9,21H,2,10-11H2,1H3,(H,23,26). The molecule has 0 spiro atoms. The minimum Gasteiger partial charge on any atom is -0.489 e. The summed E-state index contributed by atoms with van der Waals surface area (Å²) in [6.45, 7) is 2.61. The molecule has 0 aliphatic heterocycles. The highest BCUT2D eigenvalue weighted by Crippen LogP contribution is 2.22. The molecular formula is C18H18ClFN4OS. The molecule has 0 fully saturated rings. The summed E-state index contributed by atoms with van der Waals surface area (Å²) in [7, 11) is 0. The lowest BCUT2D eigenvalue weighted by atomic mass is 10.2. The van der Waals surface area contributed by atoms with Crippen molar-refractivity contribution in [1.29, 1.82) is 0 Å². The van der Waals surface area contributed by atoms with E-state index in [-0.39, 0.29) is 12.4 Å². The number of hydrogen-bond acceptors (Lipinski definition) is 4. The predicted octanol–water partition coefficient (Wildman–Crippen LogP) is 4.62. The fraction of sp³-hybridized carbons (Fsp3) is 0.222. The van der Waals surface area contributed by atoms with Gasteiger partial charge >= 0.3 is 0 Å². The Morgan fingerprint density at radius 3 is 2.88 bits per heavy atom. The highest BCUT2D eigenvalue weighted by atomic mass is 35.5. The molecule has 0 bridgehead atoms. The topological polar surface area (TPSA) is 54.9 Å². The Labute approximate surface area is 160 Å². The Bertz CT molecular complexity index is 936. The number of halogens is 2. The number of rotatable bonds is 7. The van der Waals surface area contributed by atoms with Crippen LogP contribution in [0.25, 0.3) is 0 Å². The summed E-state index contributed by atoms with van der Waals surface area (Å²) in [6, 6.07) is 12.1. The first-order valence-electron chi connectivity index (χ1n) is 8.13. The van der Waals surface area contributed by atoms with Crippen LogP contribution in [0.15, 0.2) is 42.5 Å². The molecule has 0 atom stereocenters. The van der Waals surface area contributed by atoms with Gasteiger partial charge in [0.2, 0.25) is 4.77 Å². The quantitative estimate of drug-likeness (QED) is 0.576. The van der Waals surface area contributed by atoms with Crippen LogP contribution in [0.4, 0.5) is 4.39 Å². The fourth-order valence-electron chi connectivity index (χ4n) is 2.47. The molecule has 0 radical (unpaired) electrons. The summed E-state index contributed by atoms with van der Waals surface area (Å²) in [5.74, 6) is 1.09. The van der Waals surface area contributed by atoms with E-state index in [1.165, 1.54) is 6.07 Å². The second-order valence-electron chi connectivity index (χ2n) is 5.61. The monoisotopic (exact) mass is 392 g/mol. The molecule has 1 aromatic heterocycles. The third-order valence-corrected chi connectivity index (χ3v) is 4.47. The van der Waals surface area contributed by atoms with Crippen LogP contribution in [-0.4, -0.2) is 14.9 Å². The van der Waals surface area contributed by atoms with E-state index in [0.717, 1.165) is 17.8 Å². The molecule has 0 aliphatic carbocycles. The minimum atomic E-state index is -0.378. The third kappa shape index (κ3) is 4.23. The molecule has 2 N–H and O–H groups in total. The number of nitrogens with one attached hydrogen (secondary N) is 2. The van der Waals surface area contributed by atoms with Crippen molar-refractivity contribution in [3.63, 3.8) is 0 Å². The van der Waals surface area contributed by atoms with E-state index in [1.807, 2.05) is 31.2 Å². The van der Waals surface area contributed by atoms with E-state index in [0.29, 0.717) is 27.7 Å². The smallest absolute Gasteiger partial charge is 0.214 e. The van der Waals surface area contributed by atoms with E-state index in [9.17, 15) is 4.39 Å². The normalized spacial score (nSPS) is 10.7. The molecular weight excluding hydrogens is 375 g/mol. The van der Waals surface area contributed by atoms with Crippen molar-refractivity contribution in [1.82, 2.24) is 14.9 Å². The molecule has 0 saturated heterocycles. The van der Waals surface area contributed by atoms with Gasteiger partial charge < -0.3 is 10.2 Å². The van der Waals surface area contributed by atoms with Gasteiger partial charge in [0.15, 0.2) is 5.82 Å². The molecule has 5 nitrogen and oxygen atoms in total. The molecule has 0 aliphatic rings. The Balaban J connectivity index is 1.67. The zero-order chi connectivity index (χ0) is 18.5. The Hall–Kier alpha value is -2.38. The van der Waals surface area contributed by atoms with Crippen LogP contribution >= 0.6 is 23.8 Å². The van der Waals surface area contributed by atoms with Crippen molar-refractivity contribution in [3.05, 3.63) is 75.0 Å². The highest BCUT2D eigenvalue weighted by Gasteiger charge is 2.08. The summed E-state index contributed by atoms with van der Waals surface area (Å²) in [5.41, 5.74) is 4.57. The van der Waals surface area contributed by atoms with Gasteiger partial charge in [-0.05, 0) is 42.0 Å². The van der Waals surface area contributed by atoms with Crippen molar-refractivity contribution in [2.45, 2.75) is 26.5 Å². The van der Waals surface area contributed by atoms with E-state index in [2.05, 4.69) is 15.6 Å². The number of ether oxygens (including phenoxy) is 1. The Morgan fingerprint density at radius 1 is 1.31 bits per heavy atom. The second kappa shape index (κ2) is 8.33. The van der Waals surface area contributed by atoms with Crippen LogP contribution in [0.5, 0.6) is 5.75 Å². The molecule has 0 saturated carbocycles. The molecule has 0 unspecified atom stereocenters. The van der Waals surface area contributed by atoms with Crippen LogP contribution in [-0.2, 0) is 19.6 Å². The molecule has 0 amide bonds. The van der Waals surface area contributed by atoms with E-state index in [4.69, 9.17) is 28.6 Å². The molecule has 26 heavy (non-hydrogen) atoms. The third-order valence-electron chi connectivity index (χ3n) is 3.84. The van der Waals surface area contributed by atoms with Crippen molar-refractivity contribution in [2.24, 2.45) is 0 Å². The molecule has 2 aromatic carbocycles. The molecule has 8 heteroatoms. The molecule has 136 valence electrons. The van der Waals surface area contributed by atoms with Gasteiger partial charge in [0, 0.05) is 12.0 Å². The minimum absolute atomic E-state index is 0.0646. The first-order chi connectivity index (χ1) is 12.6. The first kappa shape index (κ1) is 18.4. The number of aryl methyl sites for hydroxylation is 1. The van der Waals surface area contributed by atoms with Gasteiger partial charge in [-0.15, -0.1) is 0 Å². The summed E-state index contributed by atoms with van der Waals surface area (Å²) in [4.78, 5) is 0. The summed E-state index contributed by atoms with van der Waals surface area (Å²) in [6.07, 6.45) is 0.757. The van der Waals surface area contributed by atoms with Gasteiger partial charge in [-0.3, -0.25) is 5.10 Å². The van der Waals surface area contributed by atoms with Gasteiger partial charge in [-0.1, -0.05) is 36.7 Å². The van der Waals surface area contributed by atoms with E-state index in [1.54, 1.807) is 16.8 Å². The number of benzene rings is 2. The van der Waals surface area contributed by atoms with Crippen molar-refractivity contribution < 1.29 is 9.13 Å². The van der Waals surface area contributed by atoms with Crippen LogP contribution < -0.4 is 10.2 Å². The number of hydrogen-bond donors (Lipinski definition) is 2. The zero-order valence-corrected chi connectivity index (χ0v) is 15.7. The lowest BCUT2D eigenvalue weighted by Gasteiger charge is -2.12. The number of aromatic nitrogens is 3. The van der Waals surface area contributed by atoms with E-state index < -0.39 is 0 Å². The number of aromatic amines is 1. The average molecular weight is 393 g/mol. The van der Waals surface area contributed by atoms with Crippen molar-refractivity contribution >= 4 is 23.8 Å².